The predicted molar refractivity (Wildman–Crippen MR) is 143 cm³/mol. The SMILES string of the molecule is O=C([O-])c1cc(-c2nn[nH]n2)ccc1Nc1ccccn1.O=C([O-])c1cc(-c2nn[nH]n2)ccc1Nc1ccccn1.[Na+].[Na+]. The van der Waals surface area contributed by atoms with Crippen molar-refractivity contribution in [3.63, 3.8) is 0 Å². The molecule has 2 aromatic carbocycles. The molecule has 0 aliphatic rings. The number of hydrogen-bond acceptors (Lipinski definition) is 14. The number of nitrogens with one attached hydrogen (secondary N) is 4. The van der Waals surface area contributed by atoms with Crippen molar-refractivity contribution in [2.75, 3.05) is 10.6 Å². The molecule has 18 heteroatoms. The van der Waals surface area contributed by atoms with E-state index < -0.39 is 11.9 Å². The zero-order valence-corrected chi connectivity index (χ0v) is 27.3. The van der Waals surface area contributed by atoms with E-state index in [1.807, 2.05) is 0 Å². The Morgan fingerprint density at radius 1 is 0.614 bits per heavy atom. The molecule has 0 saturated heterocycles. The molecule has 4 heterocycles. The zero-order chi connectivity index (χ0) is 29.3. The van der Waals surface area contributed by atoms with Crippen molar-refractivity contribution in [3.8, 4) is 22.8 Å². The summed E-state index contributed by atoms with van der Waals surface area (Å²) in [5.74, 6) is -0.930. The number of pyridine rings is 2. The van der Waals surface area contributed by atoms with E-state index in [-0.39, 0.29) is 70.2 Å². The number of H-pyrrole nitrogens is 2. The smallest absolute Gasteiger partial charge is 0.545 e. The molecule has 6 rings (SSSR count). The van der Waals surface area contributed by atoms with E-state index >= 15 is 0 Å². The van der Waals surface area contributed by atoms with Gasteiger partial charge in [0.05, 0.1) is 11.9 Å². The predicted octanol–water partition coefficient (Wildman–Crippen LogP) is -5.25. The number of carboxylic acids is 2. The minimum atomic E-state index is -1.31. The molecular weight excluding hydrogens is 590 g/mol. The Bertz CT molecular complexity index is 1660. The third-order valence-electron chi connectivity index (χ3n) is 5.54. The summed E-state index contributed by atoms with van der Waals surface area (Å²) in [5.41, 5.74) is 1.77. The number of rotatable bonds is 8. The summed E-state index contributed by atoms with van der Waals surface area (Å²) in [4.78, 5) is 30.8. The van der Waals surface area contributed by atoms with Crippen molar-refractivity contribution in [2.45, 2.75) is 0 Å². The van der Waals surface area contributed by atoms with E-state index in [2.05, 4.69) is 61.8 Å². The second-order valence-electron chi connectivity index (χ2n) is 8.25. The van der Waals surface area contributed by atoms with Gasteiger partial charge in [0, 0.05) is 46.0 Å². The summed E-state index contributed by atoms with van der Waals surface area (Å²) in [6.45, 7) is 0. The molecule has 0 amide bonds. The van der Waals surface area contributed by atoms with Crippen LogP contribution in [0.15, 0.2) is 85.2 Å². The first-order chi connectivity index (χ1) is 20.5. The van der Waals surface area contributed by atoms with Gasteiger partial charge < -0.3 is 30.4 Å². The monoisotopic (exact) mass is 608 g/mol. The van der Waals surface area contributed by atoms with Crippen LogP contribution in [-0.4, -0.2) is 63.2 Å². The maximum Gasteiger partial charge on any atom is 1.00 e. The number of tetrazole rings is 2. The largest absolute Gasteiger partial charge is 1.00 e. The van der Waals surface area contributed by atoms with Gasteiger partial charge in [0.2, 0.25) is 11.6 Å². The van der Waals surface area contributed by atoms with Gasteiger partial charge >= 0.3 is 59.1 Å². The molecule has 0 atom stereocenters. The van der Waals surface area contributed by atoms with Crippen LogP contribution in [0.2, 0.25) is 0 Å². The third-order valence-corrected chi connectivity index (χ3v) is 5.54. The molecule has 0 unspecified atom stereocenters. The summed E-state index contributed by atoms with van der Waals surface area (Å²) >= 11 is 0. The van der Waals surface area contributed by atoms with Crippen LogP contribution in [-0.2, 0) is 0 Å². The Kier molecular flexibility index (Phi) is 12.6. The van der Waals surface area contributed by atoms with E-state index in [4.69, 9.17) is 0 Å². The Labute approximate surface area is 292 Å². The molecule has 0 bridgehead atoms. The van der Waals surface area contributed by atoms with E-state index in [9.17, 15) is 19.8 Å². The molecule has 44 heavy (non-hydrogen) atoms. The molecule has 4 N–H and O–H groups in total. The molecule has 208 valence electrons. The average molecular weight is 608 g/mol. The van der Waals surface area contributed by atoms with Crippen LogP contribution in [0, 0.1) is 0 Å². The van der Waals surface area contributed by atoms with Gasteiger partial charge in [-0.3, -0.25) is 0 Å². The Balaban J connectivity index is 0.000000230. The normalized spacial score (nSPS) is 9.82. The standard InChI is InChI=1S/2C13H10N6O2.2Na/c2*20-13(21)9-7-8(12-16-18-19-17-12)4-5-10(9)15-11-3-1-2-6-14-11;;/h2*1-7H,(H,14,15)(H,20,21)(H,16,17,18,19);;/q;;2*+1/p-2. The molecule has 0 spiro atoms. The van der Waals surface area contributed by atoms with Gasteiger partial charge in [-0.15, -0.1) is 20.4 Å². The van der Waals surface area contributed by atoms with Crippen molar-refractivity contribution in [3.05, 3.63) is 96.3 Å². The molecule has 6 aromatic rings. The number of nitrogens with zero attached hydrogens (tertiary/aromatic N) is 8. The number of anilines is 4. The second kappa shape index (κ2) is 16.3. The van der Waals surface area contributed by atoms with E-state index in [1.54, 1.807) is 73.1 Å². The first kappa shape index (κ1) is 33.9. The fraction of sp³-hybridized carbons (Fsp3) is 0. The molecule has 0 radical (unpaired) electrons. The number of aromatic amines is 2. The Morgan fingerprint density at radius 3 is 1.36 bits per heavy atom. The molecule has 0 saturated carbocycles. The van der Waals surface area contributed by atoms with E-state index in [1.165, 1.54) is 12.1 Å². The maximum atomic E-state index is 11.3. The number of carbonyl (C=O) groups is 2. The zero-order valence-electron chi connectivity index (χ0n) is 23.3. The molecule has 0 fully saturated rings. The van der Waals surface area contributed by atoms with E-state index in [0.717, 1.165) is 0 Å². The van der Waals surface area contributed by atoms with Gasteiger partial charge in [-0.05, 0) is 71.1 Å². The van der Waals surface area contributed by atoms with Crippen LogP contribution in [0.3, 0.4) is 0 Å². The van der Waals surface area contributed by atoms with Crippen LogP contribution < -0.4 is 80.0 Å². The Morgan fingerprint density at radius 2 is 1.05 bits per heavy atom. The summed E-state index contributed by atoms with van der Waals surface area (Å²) in [6.07, 6.45) is 3.21. The Hall–Kier alpha value is -4.58. The average Bonchev–Trinajstić information content (AvgIpc) is 3.75. The number of hydrogen-bond donors (Lipinski definition) is 4. The first-order valence-corrected chi connectivity index (χ1v) is 12.0. The van der Waals surface area contributed by atoms with Gasteiger partial charge in [-0.25, -0.2) is 9.97 Å². The van der Waals surface area contributed by atoms with E-state index in [0.29, 0.717) is 45.8 Å². The molecule has 16 nitrogen and oxygen atoms in total. The third kappa shape index (κ3) is 8.73. The van der Waals surface area contributed by atoms with Crippen molar-refractivity contribution in [1.29, 1.82) is 0 Å². The first-order valence-electron chi connectivity index (χ1n) is 12.0. The fourth-order valence-corrected chi connectivity index (χ4v) is 3.64. The van der Waals surface area contributed by atoms with Crippen LogP contribution in [0.4, 0.5) is 23.0 Å². The van der Waals surface area contributed by atoms with Crippen molar-refractivity contribution < 1.29 is 78.9 Å². The van der Waals surface area contributed by atoms with Crippen molar-refractivity contribution >= 4 is 34.9 Å². The number of aromatic nitrogens is 10. The topological polar surface area (TPSA) is 239 Å². The van der Waals surface area contributed by atoms with Gasteiger partial charge in [-0.1, -0.05) is 12.1 Å². The fourth-order valence-electron chi connectivity index (χ4n) is 3.64. The summed E-state index contributed by atoms with van der Waals surface area (Å²) < 4.78 is 0. The van der Waals surface area contributed by atoms with Crippen molar-refractivity contribution in [2.24, 2.45) is 0 Å². The van der Waals surface area contributed by atoms with Crippen LogP contribution in [0.5, 0.6) is 0 Å². The number of benzene rings is 2. The van der Waals surface area contributed by atoms with Gasteiger partial charge in [0.1, 0.15) is 11.6 Å². The number of carbonyl (C=O) groups excluding carboxylic acids is 2. The number of aromatic carboxylic acids is 2. The van der Waals surface area contributed by atoms with Crippen LogP contribution in [0.1, 0.15) is 20.7 Å². The van der Waals surface area contributed by atoms with Crippen molar-refractivity contribution in [1.82, 2.24) is 51.2 Å². The molecular formula is C26H18N12Na2O4. The molecule has 4 aromatic heterocycles. The number of carboxylic acid groups (broad SMARTS) is 2. The summed E-state index contributed by atoms with van der Waals surface area (Å²) in [6, 6.07) is 20.0. The molecule has 0 aliphatic carbocycles. The second-order valence-corrected chi connectivity index (χ2v) is 8.25. The van der Waals surface area contributed by atoms with Gasteiger partial charge in [0.15, 0.2) is 0 Å². The summed E-state index contributed by atoms with van der Waals surface area (Å²) in [7, 11) is 0. The van der Waals surface area contributed by atoms with Gasteiger partial charge in [-0.2, -0.15) is 10.4 Å². The van der Waals surface area contributed by atoms with Gasteiger partial charge in [0.25, 0.3) is 0 Å². The van der Waals surface area contributed by atoms with Crippen LogP contribution >= 0.6 is 0 Å². The quantitative estimate of drug-likeness (QED) is 0.118. The minimum absolute atomic E-state index is 0. The molecule has 0 aliphatic heterocycles. The maximum absolute atomic E-state index is 11.3. The van der Waals surface area contributed by atoms with Crippen LogP contribution in [0.25, 0.3) is 22.8 Å². The summed E-state index contributed by atoms with van der Waals surface area (Å²) in [5, 5.41) is 55.2. The minimum Gasteiger partial charge on any atom is -0.545 e.